The lowest BCUT2D eigenvalue weighted by molar-refractivity contribution is -0.143. The third-order valence-corrected chi connectivity index (χ3v) is 7.55. The van der Waals surface area contributed by atoms with Crippen molar-refractivity contribution in [3.8, 4) is 0 Å². The molecule has 0 unspecified atom stereocenters. The lowest BCUT2D eigenvalue weighted by atomic mass is 9.96. The topological polar surface area (TPSA) is 60.7 Å². The van der Waals surface area contributed by atoms with Crippen molar-refractivity contribution in [1.29, 1.82) is 0 Å². The molecule has 0 fully saturated rings. The van der Waals surface area contributed by atoms with Crippen LogP contribution in [0.1, 0.15) is 37.9 Å². The van der Waals surface area contributed by atoms with Gasteiger partial charge in [-0.05, 0) is 68.5 Å². The molecule has 0 saturated carbocycles. The van der Waals surface area contributed by atoms with Gasteiger partial charge in [0.25, 0.3) is 5.56 Å². The molecule has 0 saturated heterocycles. The van der Waals surface area contributed by atoms with Crippen LogP contribution in [0.2, 0.25) is 10.0 Å². The molecule has 176 valence electrons. The number of benzene rings is 2. The van der Waals surface area contributed by atoms with Crippen LogP contribution in [-0.2, 0) is 9.53 Å². The maximum atomic E-state index is 13.6. The summed E-state index contributed by atoms with van der Waals surface area (Å²) in [6, 6.07) is 12.3. The molecule has 1 atom stereocenters. The SMILES string of the molecule is CSc1ccc([C@@H]2C(C(=O)OC(C)C)=C(C)N=c3s/c(=C\c4ccc(Cl)cc4Cl)c(=O)n32)cc1. The molecule has 0 radical (unpaired) electrons. The first kappa shape index (κ1) is 24.8. The average molecular weight is 534 g/mol. The minimum Gasteiger partial charge on any atom is -0.459 e. The van der Waals surface area contributed by atoms with Gasteiger partial charge < -0.3 is 4.74 Å². The summed E-state index contributed by atoms with van der Waals surface area (Å²) in [5, 5.41) is 0.959. The van der Waals surface area contributed by atoms with E-state index in [9.17, 15) is 9.59 Å². The van der Waals surface area contributed by atoms with Crippen LogP contribution in [-0.4, -0.2) is 22.9 Å². The maximum absolute atomic E-state index is 13.6. The molecule has 0 bridgehead atoms. The summed E-state index contributed by atoms with van der Waals surface area (Å²) >= 11 is 15.2. The van der Waals surface area contributed by atoms with E-state index in [2.05, 4.69) is 4.99 Å². The third-order valence-electron chi connectivity index (χ3n) is 5.26. The number of allylic oxidation sites excluding steroid dienone is 1. The summed E-state index contributed by atoms with van der Waals surface area (Å²) in [5.41, 5.74) is 2.11. The van der Waals surface area contributed by atoms with Crippen LogP contribution in [0.5, 0.6) is 0 Å². The second-order valence-corrected chi connectivity index (χ2v) is 10.7. The monoisotopic (exact) mass is 532 g/mol. The molecule has 0 N–H and O–H groups in total. The molecule has 0 spiro atoms. The van der Waals surface area contributed by atoms with Gasteiger partial charge in [-0.3, -0.25) is 9.36 Å². The molecule has 1 aromatic heterocycles. The lowest BCUT2D eigenvalue weighted by Crippen LogP contribution is -2.40. The fraction of sp³-hybridized carbons (Fsp3) is 0.240. The van der Waals surface area contributed by atoms with E-state index in [-0.39, 0.29) is 11.7 Å². The van der Waals surface area contributed by atoms with Gasteiger partial charge in [-0.15, -0.1) is 11.8 Å². The van der Waals surface area contributed by atoms with Crippen LogP contribution in [0.4, 0.5) is 0 Å². The summed E-state index contributed by atoms with van der Waals surface area (Å²) in [4.78, 5) is 33.0. The zero-order valence-electron chi connectivity index (χ0n) is 19.0. The number of carbonyl (C=O) groups excluding carboxylic acids is 1. The number of hydrogen-bond acceptors (Lipinski definition) is 6. The van der Waals surface area contributed by atoms with E-state index in [0.29, 0.717) is 36.2 Å². The largest absolute Gasteiger partial charge is 0.459 e. The Kier molecular flexibility index (Phi) is 7.38. The van der Waals surface area contributed by atoms with Gasteiger partial charge in [0, 0.05) is 14.9 Å². The van der Waals surface area contributed by atoms with Crippen molar-refractivity contribution in [2.75, 3.05) is 6.26 Å². The zero-order valence-corrected chi connectivity index (χ0v) is 22.1. The van der Waals surface area contributed by atoms with Crippen molar-refractivity contribution in [3.05, 3.63) is 94.6 Å². The number of carbonyl (C=O) groups is 1. The summed E-state index contributed by atoms with van der Waals surface area (Å²) in [5.74, 6) is -0.481. The molecule has 1 aliphatic rings. The van der Waals surface area contributed by atoms with Crippen LogP contribution in [0.15, 0.2) is 68.4 Å². The highest BCUT2D eigenvalue weighted by Gasteiger charge is 2.33. The number of nitrogens with zero attached hydrogens (tertiary/aromatic N) is 2. The number of halogens is 2. The van der Waals surface area contributed by atoms with E-state index in [1.807, 2.05) is 30.5 Å². The van der Waals surface area contributed by atoms with Gasteiger partial charge >= 0.3 is 5.97 Å². The summed E-state index contributed by atoms with van der Waals surface area (Å²) in [7, 11) is 0. The van der Waals surface area contributed by atoms with Crippen molar-refractivity contribution in [2.24, 2.45) is 4.99 Å². The smallest absolute Gasteiger partial charge is 0.338 e. The van der Waals surface area contributed by atoms with Crippen LogP contribution in [0, 0.1) is 0 Å². The first-order valence-electron chi connectivity index (χ1n) is 10.5. The van der Waals surface area contributed by atoms with E-state index < -0.39 is 12.0 Å². The van der Waals surface area contributed by atoms with Gasteiger partial charge in [-0.2, -0.15) is 0 Å². The van der Waals surface area contributed by atoms with Gasteiger partial charge in [-0.25, -0.2) is 9.79 Å². The molecule has 2 heterocycles. The first-order valence-corrected chi connectivity index (χ1v) is 13.3. The Morgan fingerprint density at radius 2 is 1.91 bits per heavy atom. The summed E-state index contributed by atoms with van der Waals surface area (Å²) in [6.07, 6.45) is 3.42. The number of thioether (sulfide) groups is 1. The first-order chi connectivity index (χ1) is 16.2. The second-order valence-electron chi connectivity index (χ2n) is 7.97. The lowest BCUT2D eigenvalue weighted by Gasteiger charge is -2.25. The van der Waals surface area contributed by atoms with Crippen LogP contribution in [0.25, 0.3) is 6.08 Å². The molecule has 5 nitrogen and oxygen atoms in total. The number of rotatable bonds is 5. The van der Waals surface area contributed by atoms with Gasteiger partial charge in [0.1, 0.15) is 0 Å². The van der Waals surface area contributed by atoms with Crippen LogP contribution in [0.3, 0.4) is 0 Å². The van der Waals surface area contributed by atoms with Crippen molar-refractivity contribution in [2.45, 2.75) is 37.8 Å². The molecule has 4 rings (SSSR count). The molecule has 2 aromatic carbocycles. The second kappa shape index (κ2) is 10.1. The molecule has 1 aliphatic heterocycles. The van der Waals surface area contributed by atoms with Gasteiger partial charge in [0.15, 0.2) is 4.80 Å². The van der Waals surface area contributed by atoms with Crippen molar-refractivity contribution < 1.29 is 9.53 Å². The number of hydrogen-bond donors (Lipinski definition) is 0. The predicted molar refractivity (Wildman–Crippen MR) is 140 cm³/mol. The van der Waals surface area contributed by atoms with E-state index >= 15 is 0 Å². The highest BCUT2D eigenvalue weighted by Crippen LogP contribution is 2.32. The maximum Gasteiger partial charge on any atom is 0.338 e. The number of esters is 1. The molecular weight excluding hydrogens is 511 g/mol. The van der Waals surface area contributed by atoms with E-state index in [1.165, 1.54) is 11.3 Å². The van der Waals surface area contributed by atoms with Crippen LogP contribution < -0.4 is 14.9 Å². The highest BCUT2D eigenvalue weighted by molar-refractivity contribution is 7.98. The van der Waals surface area contributed by atoms with Gasteiger partial charge in [0.05, 0.1) is 27.9 Å². The third kappa shape index (κ3) is 4.89. The minimum atomic E-state index is -0.652. The van der Waals surface area contributed by atoms with Crippen molar-refractivity contribution in [3.63, 3.8) is 0 Å². The Hall–Kier alpha value is -2.32. The molecule has 0 amide bonds. The summed E-state index contributed by atoms with van der Waals surface area (Å²) in [6.45, 7) is 5.36. The zero-order chi connectivity index (χ0) is 24.6. The molecule has 0 aliphatic carbocycles. The minimum absolute atomic E-state index is 0.254. The average Bonchev–Trinajstić information content (AvgIpc) is 3.08. The van der Waals surface area contributed by atoms with Crippen LogP contribution >= 0.6 is 46.3 Å². The van der Waals surface area contributed by atoms with Crippen molar-refractivity contribution >= 4 is 58.3 Å². The normalized spacial score (nSPS) is 16.0. The van der Waals surface area contributed by atoms with E-state index in [0.717, 1.165) is 10.5 Å². The number of ether oxygens (including phenoxy) is 1. The quantitative estimate of drug-likeness (QED) is 0.334. The molecule has 3 aromatic rings. The highest BCUT2D eigenvalue weighted by atomic mass is 35.5. The van der Waals surface area contributed by atoms with Gasteiger partial charge in [0.2, 0.25) is 0 Å². The fourth-order valence-corrected chi connectivity index (χ4v) is 5.63. The summed E-state index contributed by atoms with van der Waals surface area (Å²) < 4.78 is 7.56. The Labute approximate surface area is 215 Å². The number of thiazole rings is 1. The molecule has 34 heavy (non-hydrogen) atoms. The van der Waals surface area contributed by atoms with E-state index in [1.54, 1.807) is 61.4 Å². The number of aromatic nitrogens is 1. The standard InChI is InChI=1S/C25H22Cl2N2O3S2/c1-13(2)32-24(31)21-14(3)28-25-29(22(21)15-6-9-18(33-4)10-7-15)23(30)20(34-25)11-16-5-8-17(26)12-19(16)27/h5-13,22H,1-4H3/b20-11-/t22-/m1/s1. The van der Waals surface area contributed by atoms with E-state index in [4.69, 9.17) is 27.9 Å². The predicted octanol–water partition coefficient (Wildman–Crippen LogP) is 5.22. The molecule has 9 heteroatoms. The Bertz CT molecular complexity index is 1470. The van der Waals surface area contributed by atoms with Crippen molar-refractivity contribution in [1.82, 2.24) is 4.57 Å². The molecular formula is C25H22Cl2N2O3S2. The fourth-order valence-electron chi connectivity index (χ4n) is 3.72. The Balaban J connectivity index is 1.94. The number of fused-ring (bicyclic) bond motifs is 1. The van der Waals surface area contributed by atoms with Gasteiger partial charge in [-0.1, -0.05) is 52.7 Å². The Morgan fingerprint density at radius 3 is 2.53 bits per heavy atom. The Morgan fingerprint density at radius 1 is 1.21 bits per heavy atom.